The van der Waals surface area contributed by atoms with Crippen LogP contribution < -0.4 is 10.3 Å². The highest BCUT2D eigenvalue weighted by molar-refractivity contribution is 7.89. The van der Waals surface area contributed by atoms with Gasteiger partial charge in [0.05, 0.1) is 4.90 Å². The summed E-state index contributed by atoms with van der Waals surface area (Å²) >= 11 is 0. The fourth-order valence-electron chi connectivity index (χ4n) is 0.719. The molecule has 0 aliphatic rings. The normalized spacial score (nSPS) is 11.1. The highest BCUT2D eigenvalue weighted by Crippen LogP contribution is 2.07. The lowest BCUT2D eigenvalue weighted by molar-refractivity contribution is -0.379. The van der Waals surface area contributed by atoms with E-state index in [-0.39, 0.29) is 4.90 Å². The molecule has 0 unspecified atom stereocenters. The molecule has 0 fully saturated rings. The largest absolute Gasteiger partial charge is 0.502 e. The molecule has 12 heavy (non-hydrogen) atoms. The molecule has 0 bridgehead atoms. The summed E-state index contributed by atoms with van der Waals surface area (Å²) in [6.07, 6.45) is 0. The van der Waals surface area contributed by atoms with Gasteiger partial charge >= 0.3 is 0 Å². The van der Waals surface area contributed by atoms with E-state index in [9.17, 15) is 8.42 Å². The van der Waals surface area contributed by atoms with Crippen LogP contribution in [0.15, 0.2) is 29.2 Å². The topological polar surface area (TPSA) is 96.4 Å². The number of hydrogen-bond acceptors (Lipinski definition) is 2. The Balaban J connectivity index is 3.17. The van der Waals surface area contributed by atoms with Crippen LogP contribution in [-0.4, -0.2) is 8.42 Å². The molecule has 6 heteroatoms. The molecule has 5 nitrogen and oxygen atoms in total. The molecule has 0 aliphatic heterocycles. The number of sulfonamides is 1. The van der Waals surface area contributed by atoms with E-state index in [0.717, 1.165) is 0 Å². The fraction of sp³-hybridized carbons (Fsp3) is 0. The molecule has 0 aliphatic carbocycles. The summed E-state index contributed by atoms with van der Waals surface area (Å²) in [4.78, 5) is 0.0153. The predicted octanol–water partition coefficient (Wildman–Crippen LogP) is -0.932. The second kappa shape index (κ2) is 3.00. The van der Waals surface area contributed by atoms with Gasteiger partial charge in [0.15, 0.2) is 5.69 Å². The van der Waals surface area contributed by atoms with Crippen LogP contribution in [0.2, 0.25) is 0 Å². The summed E-state index contributed by atoms with van der Waals surface area (Å²) in [6, 6.07) is 5.40. The first-order valence-electron chi connectivity index (χ1n) is 3.07. The number of nitrogens with one attached hydrogen (secondary N) is 1. The zero-order chi connectivity index (χ0) is 9.19. The molecular weight excluding hydrogens is 178 g/mol. The summed E-state index contributed by atoms with van der Waals surface area (Å²) in [5, 5.41) is 6.71. The molecule has 0 saturated heterocycles. The van der Waals surface area contributed by atoms with Gasteiger partial charge in [-0.2, -0.15) is 0 Å². The SMILES string of the molecule is [N-]=[NH+]c1ccc(S(N)(=O)=O)cc1. The molecule has 0 spiro atoms. The fourth-order valence-corrected chi connectivity index (χ4v) is 1.23. The zero-order valence-electron chi connectivity index (χ0n) is 6.06. The summed E-state index contributed by atoms with van der Waals surface area (Å²) in [5.74, 6) is 0. The van der Waals surface area contributed by atoms with Crippen LogP contribution in [-0.2, 0) is 10.0 Å². The third-order valence-corrected chi connectivity index (χ3v) is 2.24. The highest BCUT2D eigenvalue weighted by atomic mass is 32.2. The Bertz CT molecular complexity index is 382. The van der Waals surface area contributed by atoms with Gasteiger partial charge in [0.25, 0.3) is 0 Å². The van der Waals surface area contributed by atoms with Crippen molar-refractivity contribution in [1.82, 2.24) is 0 Å². The summed E-state index contributed by atoms with van der Waals surface area (Å²) in [6.45, 7) is 0. The van der Waals surface area contributed by atoms with E-state index in [1.807, 2.05) is 5.11 Å². The maximum atomic E-state index is 10.7. The minimum Gasteiger partial charge on any atom is -0.502 e. The molecular formula is C6H7N3O2S. The lowest BCUT2D eigenvalue weighted by Gasteiger charge is -1.95. The number of nitrogens with two attached hydrogens (primary N) is 1. The third kappa shape index (κ3) is 1.86. The first kappa shape index (κ1) is 8.82. The molecule has 0 aromatic heterocycles. The molecule has 64 valence electrons. The molecule has 0 saturated carbocycles. The Labute approximate surface area is 69.8 Å². The monoisotopic (exact) mass is 185 g/mol. The zero-order valence-corrected chi connectivity index (χ0v) is 6.88. The minimum absolute atomic E-state index is 0.0153. The number of hydrogen-bond donors (Lipinski definition) is 2. The maximum absolute atomic E-state index is 10.7. The van der Waals surface area contributed by atoms with Crippen molar-refractivity contribution in [2.45, 2.75) is 4.90 Å². The van der Waals surface area contributed by atoms with Crippen LogP contribution in [0.25, 0.3) is 5.53 Å². The highest BCUT2D eigenvalue weighted by Gasteiger charge is 2.06. The number of benzene rings is 1. The van der Waals surface area contributed by atoms with Crippen LogP contribution in [0.3, 0.4) is 0 Å². The van der Waals surface area contributed by atoms with Crippen LogP contribution in [0.4, 0.5) is 5.69 Å². The Morgan fingerprint density at radius 3 is 2.08 bits per heavy atom. The van der Waals surface area contributed by atoms with Crippen LogP contribution in [0.5, 0.6) is 0 Å². The van der Waals surface area contributed by atoms with Gasteiger partial charge in [-0.25, -0.2) is 13.6 Å². The number of nitrogens with zero attached hydrogens (tertiary/aromatic N) is 1. The van der Waals surface area contributed by atoms with Crippen molar-refractivity contribution in [3.63, 3.8) is 0 Å². The van der Waals surface area contributed by atoms with Crippen molar-refractivity contribution in [2.24, 2.45) is 5.14 Å². The predicted molar refractivity (Wildman–Crippen MR) is 41.8 cm³/mol. The van der Waals surface area contributed by atoms with E-state index in [2.05, 4.69) is 0 Å². The minimum atomic E-state index is -3.64. The molecule has 0 atom stereocenters. The van der Waals surface area contributed by atoms with Gasteiger partial charge in [0.1, 0.15) is 0 Å². The van der Waals surface area contributed by atoms with Crippen LogP contribution >= 0.6 is 0 Å². The summed E-state index contributed by atoms with van der Waals surface area (Å²) in [5.41, 5.74) is 8.81. The maximum Gasteiger partial charge on any atom is 0.238 e. The average Bonchev–Trinajstić information content (AvgIpc) is 2.03. The molecule has 1 rings (SSSR count). The summed E-state index contributed by atoms with van der Waals surface area (Å²) in [7, 11) is -3.64. The van der Waals surface area contributed by atoms with E-state index in [0.29, 0.717) is 5.69 Å². The van der Waals surface area contributed by atoms with Gasteiger partial charge in [0.2, 0.25) is 10.0 Å². The summed E-state index contributed by atoms with van der Waals surface area (Å²) < 4.78 is 21.5. The Hall–Kier alpha value is -1.27. The van der Waals surface area contributed by atoms with Gasteiger partial charge in [-0.15, -0.1) is 0 Å². The van der Waals surface area contributed by atoms with E-state index >= 15 is 0 Å². The Morgan fingerprint density at radius 2 is 1.75 bits per heavy atom. The van der Waals surface area contributed by atoms with Gasteiger partial charge in [-0.3, -0.25) is 5.11 Å². The lowest BCUT2D eigenvalue weighted by atomic mass is 10.3. The Morgan fingerprint density at radius 1 is 1.25 bits per heavy atom. The molecule has 0 heterocycles. The van der Waals surface area contributed by atoms with Crippen molar-refractivity contribution in [2.75, 3.05) is 0 Å². The number of rotatable bonds is 2. The first-order valence-corrected chi connectivity index (χ1v) is 4.61. The molecule has 1 aromatic carbocycles. The van der Waals surface area contributed by atoms with E-state index in [4.69, 9.17) is 10.7 Å². The van der Waals surface area contributed by atoms with Gasteiger partial charge in [0, 0.05) is 12.1 Å². The molecule has 3 N–H and O–H groups in total. The van der Waals surface area contributed by atoms with E-state index in [1.165, 1.54) is 24.3 Å². The second-order valence-electron chi connectivity index (χ2n) is 2.18. The Kier molecular flexibility index (Phi) is 2.20. The third-order valence-electron chi connectivity index (χ3n) is 1.31. The molecule has 0 amide bonds. The van der Waals surface area contributed by atoms with Gasteiger partial charge in [-0.05, 0) is 12.1 Å². The van der Waals surface area contributed by atoms with Crippen molar-refractivity contribution in [1.29, 1.82) is 0 Å². The smallest absolute Gasteiger partial charge is 0.238 e. The van der Waals surface area contributed by atoms with Crippen molar-refractivity contribution >= 4 is 15.7 Å². The van der Waals surface area contributed by atoms with E-state index < -0.39 is 10.0 Å². The average molecular weight is 185 g/mol. The van der Waals surface area contributed by atoms with Gasteiger partial charge < -0.3 is 5.53 Å². The van der Waals surface area contributed by atoms with E-state index in [1.54, 1.807) is 0 Å². The van der Waals surface area contributed by atoms with Crippen molar-refractivity contribution in [3.8, 4) is 0 Å². The number of primary sulfonamides is 1. The van der Waals surface area contributed by atoms with Gasteiger partial charge in [-0.1, -0.05) is 0 Å². The first-order chi connectivity index (χ1) is 5.54. The standard InChI is InChI=1S/C6H7N3O2S/c7-9-5-1-3-6(4-2-5)12(8,10)11/h1-4,9H,(H2,8,10,11). The van der Waals surface area contributed by atoms with Crippen molar-refractivity contribution in [3.05, 3.63) is 29.8 Å². The second-order valence-corrected chi connectivity index (χ2v) is 3.74. The van der Waals surface area contributed by atoms with Crippen LogP contribution in [0.1, 0.15) is 0 Å². The lowest BCUT2D eigenvalue weighted by Crippen LogP contribution is -2.54. The quantitative estimate of drug-likeness (QED) is 0.582. The molecule has 0 radical (unpaired) electrons. The van der Waals surface area contributed by atoms with Crippen molar-refractivity contribution < 1.29 is 13.5 Å². The molecule has 1 aromatic rings. The van der Waals surface area contributed by atoms with Crippen LogP contribution in [0, 0.1) is 0 Å².